The lowest BCUT2D eigenvalue weighted by molar-refractivity contribution is -0.253. The monoisotopic (exact) mass is 558 g/mol. The minimum Gasteiger partial charge on any atom is -0.428 e. The third kappa shape index (κ3) is 6.36. The molecule has 0 aliphatic carbocycles. The van der Waals surface area contributed by atoms with E-state index in [1.165, 1.54) is 51.9 Å². The normalized spacial score (nSPS) is 15.1. The summed E-state index contributed by atoms with van der Waals surface area (Å²) >= 11 is 0. The number of rotatable bonds is 11. The molecule has 1 heterocycles. The molecule has 0 fully saturated rings. The summed E-state index contributed by atoms with van der Waals surface area (Å²) in [6.07, 6.45) is -5.96. The van der Waals surface area contributed by atoms with Gasteiger partial charge in [0.25, 0.3) is 0 Å². The van der Waals surface area contributed by atoms with Gasteiger partial charge in [0.15, 0.2) is 8.32 Å². The van der Waals surface area contributed by atoms with Crippen LogP contribution in [0.3, 0.4) is 0 Å². The molecule has 0 amide bonds. The Hall–Kier alpha value is -2.96. The SMILES string of the molecule is CC(C)O[Si](C)(C)C[C@](O)(c1ccccc1F)[C@@H](C)n1ccn(-c2ccc(OC(F)(F)C(F)F)cc2)c1=O. The number of alkyl halides is 4. The van der Waals surface area contributed by atoms with Crippen LogP contribution in [-0.2, 0) is 10.0 Å². The first-order valence-corrected chi connectivity index (χ1v) is 15.1. The highest BCUT2D eigenvalue weighted by Crippen LogP contribution is 2.41. The maximum atomic E-state index is 15.0. The largest absolute Gasteiger partial charge is 0.461 e. The van der Waals surface area contributed by atoms with E-state index in [2.05, 4.69) is 4.74 Å². The number of hydrogen-bond donors (Lipinski definition) is 1. The first-order valence-electron chi connectivity index (χ1n) is 12.0. The Bertz CT molecular complexity index is 1290. The van der Waals surface area contributed by atoms with Gasteiger partial charge in [-0.15, -0.1) is 0 Å². The Morgan fingerprint density at radius 3 is 2.16 bits per heavy atom. The van der Waals surface area contributed by atoms with Crippen LogP contribution < -0.4 is 10.4 Å². The molecule has 2 aromatic carbocycles. The molecule has 1 N–H and O–H groups in total. The average molecular weight is 559 g/mol. The van der Waals surface area contributed by atoms with E-state index in [4.69, 9.17) is 4.43 Å². The third-order valence-electron chi connectivity index (χ3n) is 6.12. The lowest BCUT2D eigenvalue weighted by Crippen LogP contribution is -2.47. The number of aliphatic hydroxyl groups is 1. The minimum absolute atomic E-state index is 0.0292. The topological polar surface area (TPSA) is 65.6 Å². The van der Waals surface area contributed by atoms with Crippen molar-refractivity contribution in [3.05, 3.63) is 82.8 Å². The molecule has 0 unspecified atom stereocenters. The second-order valence-electron chi connectivity index (χ2n) is 10.00. The lowest BCUT2D eigenvalue weighted by Gasteiger charge is -2.40. The van der Waals surface area contributed by atoms with Gasteiger partial charge >= 0.3 is 18.2 Å². The van der Waals surface area contributed by atoms with Crippen LogP contribution in [0, 0.1) is 5.82 Å². The van der Waals surface area contributed by atoms with Crippen molar-refractivity contribution in [2.45, 2.75) is 70.2 Å². The zero-order chi connectivity index (χ0) is 28.5. The van der Waals surface area contributed by atoms with Gasteiger partial charge in [-0.3, -0.25) is 9.13 Å². The van der Waals surface area contributed by atoms with E-state index >= 15 is 0 Å². The van der Waals surface area contributed by atoms with Gasteiger partial charge in [-0.2, -0.15) is 17.6 Å². The predicted octanol–water partition coefficient (Wildman–Crippen LogP) is 6.09. The highest BCUT2D eigenvalue weighted by molar-refractivity contribution is 6.71. The van der Waals surface area contributed by atoms with Crippen LogP contribution in [0.15, 0.2) is 65.7 Å². The van der Waals surface area contributed by atoms with Gasteiger partial charge in [-0.05, 0) is 64.2 Å². The summed E-state index contributed by atoms with van der Waals surface area (Å²) < 4.78 is 78.8. The first kappa shape index (κ1) is 29.6. The number of nitrogens with zero attached hydrogens (tertiary/aromatic N) is 2. The van der Waals surface area contributed by atoms with Gasteiger partial charge in [-0.25, -0.2) is 9.18 Å². The number of halogens is 5. The molecule has 0 aliphatic heterocycles. The van der Waals surface area contributed by atoms with Crippen LogP contribution in [0.4, 0.5) is 22.0 Å². The molecule has 0 spiro atoms. The molecular weight excluding hydrogens is 527 g/mol. The van der Waals surface area contributed by atoms with Crippen LogP contribution in [0.2, 0.25) is 19.1 Å². The van der Waals surface area contributed by atoms with Crippen LogP contribution in [0.1, 0.15) is 32.4 Å². The van der Waals surface area contributed by atoms with Crippen LogP contribution in [-0.4, -0.2) is 41.2 Å². The molecule has 3 aromatic rings. The van der Waals surface area contributed by atoms with Crippen molar-refractivity contribution >= 4 is 8.32 Å². The van der Waals surface area contributed by atoms with Gasteiger partial charge in [0.05, 0.1) is 11.7 Å². The fraction of sp³-hybridized carbons (Fsp3) is 0.423. The molecule has 38 heavy (non-hydrogen) atoms. The van der Waals surface area contributed by atoms with E-state index in [-0.39, 0.29) is 23.4 Å². The molecule has 0 radical (unpaired) electrons. The van der Waals surface area contributed by atoms with Crippen LogP contribution >= 0.6 is 0 Å². The number of hydrogen-bond acceptors (Lipinski definition) is 4. The van der Waals surface area contributed by atoms with Crippen molar-refractivity contribution in [1.82, 2.24) is 9.13 Å². The Kier molecular flexibility index (Phi) is 8.59. The Morgan fingerprint density at radius 2 is 1.61 bits per heavy atom. The summed E-state index contributed by atoms with van der Waals surface area (Å²) in [6.45, 7) is 9.15. The number of benzene rings is 2. The van der Waals surface area contributed by atoms with Gasteiger partial charge < -0.3 is 14.3 Å². The fourth-order valence-corrected chi connectivity index (χ4v) is 7.74. The summed E-state index contributed by atoms with van der Waals surface area (Å²) in [5.74, 6) is -1.13. The molecule has 12 heteroatoms. The van der Waals surface area contributed by atoms with Gasteiger partial charge in [0.2, 0.25) is 0 Å². The summed E-state index contributed by atoms with van der Waals surface area (Å²) in [7, 11) is -2.58. The molecule has 1 aromatic heterocycles. The van der Waals surface area contributed by atoms with Crippen molar-refractivity contribution in [1.29, 1.82) is 0 Å². The summed E-state index contributed by atoms with van der Waals surface area (Å²) in [5.41, 5.74) is -2.14. The van der Waals surface area contributed by atoms with Crippen molar-refractivity contribution in [3.8, 4) is 11.4 Å². The number of ether oxygens (including phenoxy) is 1. The van der Waals surface area contributed by atoms with Gasteiger partial charge in [-0.1, -0.05) is 18.2 Å². The second-order valence-corrected chi connectivity index (χ2v) is 14.1. The van der Waals surface area contributed by atoms with E-state index in [9.17, 15) is 31.9 Å². The number of aromatic nitrogens is 2. The van der Waals surface area contributed by atoms with E-state index in [0.29, 0.717) is 0 Å². The zero-order valence-corrected chi connectivity index (χ0v) is 22.7. The molecular formula is C26H31F5N2O4Si. The summed E-state index contributed by atoms with van der Waals surface area (Å²) in [5, 5.41) is 12.0. The predicted molar refractivity (Wildman–Crippen MR) is 135 cm³/mol. The maximum absolute atomic E-state index is 15.0. The quantitative estimate of drug-likeness (QED) is 0.228. The molecule has 0 bridgehead atoms. The van der Waals surface area contributed by atoms with Crippen LogP contribution in [0.5, 0.6) is 5.75 Å². The summed E-state index contributed by atoms with van der Waals surface area (Å²) in [4.78, 5) is 13.4. The van der Waals surface area contributed by atoms with E-state index in [1.54, 1.807) is 13.0 Å². The second kappa shape index (κ2) is 11.0. The molecule has 2 atom stereocenters. The number of imidazole rings is 1. The Labute approximate surface area is 218 Å². The average Bonchev–Trinajstić information content (AvgIpc) is 3.18. The smallest absolute Gasteiger partial charge is 0.428 e. The van der Waals surface area contributed by atoms with Crippen molar-refractivity contribution < 1.29 is 36.2 Å². The van der Waals surface area contributed by atoms with Crippen molar-refractivity contribution in [3.63, 3.8) is 0 Å². The molecule has 6 nitrogen and oxygen atoms in total. The molecule has 0 saturated heterocycles. The zero-order valence-electron chi connectivity index (χ0n) is 21.7. The van der Waals surface area contributed by atoms with E-state index < -0.39 is 49.8 Å². The van der Waals surface area contributed by atoms with Crippen molar-refractivity contribution in [2.24, 2.45) is 0 Å². The van der Waals surface area contributed by atoms with Gasteiger partial charge in [0.1, 0.15) is 17.2 Å². The minimum atomic E-state index is -4.66. The molecule has 0 aliphatic rings. The first-order chi connectivity index (χ1) is 17.6. The highest BCUT2D eigenvalue weighted by atomic mass is 28.4. The lowest BCUT2D eigenvalue weighted by atomic mass is 9.88. The standard InChI is InChI=1S/C26H31F5N2O4Si/c1-17(2)37-38(4,5)16-25(35,21-8-6-7-9-22(21)27)18(3)32-14-15-33(24(32)34)19-10-12-20(13-11-19)36-26(30,31)23(28)29/h6-15,17-18,23,35H,16H2,1-5H3/t18-,25-/m1/s1. The summed E-state index contributed by atoms with van der Waals surface area (Å²) in [6, 6.07) is 9.53. The fourth-order valence-electron chi connectivity index (χ4n) is 4.60. The Morgan fingerprint density at radius 1 is 1.00 bits per heavy atom. The van der Waals surface area contributed by atoms with Gasteiger partial charge in [0, 0.05) is 30.1 Å². The van der Waals surface area contributed by atoms with Crippen LogP contribution in [0.25, 0.3) is 5.69 Å². The Balaban J connectivity index is 1.99. The highest BCUT2D eigenvalue weighted by Gasteiger charge is 2.46. The maximum Gasteiger partial charge on any atom is 0.461 e. The third-order valence-corrected chi connectivity index (χ3v) is 8.62. The van der Waals surface area contributed by atoms with E-state index in [0.717, 1.165) is 12.1 Å². The van der Waals surface area contributed by atoms with Crippen molar-refractivity contribution in [2.75, 3.05) is 0 Å². The molecule has 0 saturated carbocycles. The van der Waals surface area contributed by atoms with E-state index in [1.807, 2.05) is 26.9 Å². The molecule has 3 rings (SSSR count). The molecule has 208 valence electrons.